The molecule has 0 amide bonds. The van der Waals surface area contributed by atoms with Crippen LogP contribution >= 0.6 is 23.2 Å². The van der Waals surface area contributed by atoms with Crippen molar-refractivity contribution in [3.8, 4) is 0 Å². The van der Waals surface area contributed by atoms with Crippen LogP contribution in [-0.4, -0.2) is 29.6 Å². The van der Waals surface area contributed by atoms with Crippen molar-refractivity contribution in [3.05, 3.63) is 69.3 Å². The fraction of sp³-hybridized carbons (Fsp3) is 0.273. The molecule has 1 aliphatic heterocycles. The van der Waals surface area contributed by atoms with Crippen LogP contribution < -0.4 is 0 Å². The summed E-state index contributed by atoms with van der Waals surface area (Å²) in [5.74, 6) is 0. The number of fused-ring (bicyclic) bond motifs is 3. The van der Waals surface area contributed by atoms with Gasteiger partial charge in [0.1, 0.15) is 0 Å². The first kappa shape index (κ1) is 17.7. The Kier molecular flexibility index (Phi) is 4.83. The van der Waals surface area contributed by atoms with E-state index in [1.165, 1.54) is 33.3 Å². The predicted molar refractivity (Wildman–Crippen MR) is 113 cm³/mol. The molecule has 3 aromatic rings. The van der Waals surface area contributed by atoms with E-state index in [-0.39, 0.29) is 0 Å². The molecule has 2 heterocycles. The van der Waals surface area contributed by atoms with Gasteiger partial charge in [-0.1, -0.05) is 35.3 Å². The summed E-state index contributed by atoms with van der Waals surface area (Å²) in [6.45, 7) is 4.31. The number of benzene rings is 2. The predicted octanol–water partition coefficient (Wildman–Crippen LogP) is 6.00. The summed E-state index contributed by atoms with van der Waals surface area (Å²) in [4.78, 5) is 2.40. The molecule has 0 radical (unpaired) electrons. The van der Waals surface area contributed by atoms with Crippen molar-refractivity contribution in [1.82, 2.24) is 9.47 Å². The Morgan fingerprint density at radius 2 is 1.65 bits per heavy atom. The van der Waals surface area contributed by atoms with Crippen molar-refractivity contribution in [3.63, 3.8) is 0 Å². The maximum Gasteiger partial charge on any atom is 0.0529 e. The monoisotopic (exact) mass is 384 g/mol. The molecule has 0 atom stereocenters. The van der Waals surface area contributed by atoms with Gasteiger partial charge in [0.15, 0.2) is 0 Å². The second-order valence-electron chi connectivity index (χ2n) is 7.08. The SMILES string of the molecule is CC(=Cn1c2c(c3cc(Cl)ccc31)CCN(C)CC2)c1ccc(Cl)cc1. The molecule has 0 bridgehead atoms. The van der Waals surface area contributed by atoms with Crippen LogP contribution in [0.15, 0.2) is 42.5 Å². The van der Waals surface area contributed by atoms with Gasteiger partial charge in [-0.3, -0.25) is 0 Å². The van der Waals surface area contributed by atoms with E-state index in [0.29, 0.717) is 0 Å². The number of aromatic nitrogens is 1. The van der Waals surface area contributed by atoms with Crippen LogP contribution in [-0.2, 0) is 12.8 Å². The van der Waals surface area contributed by atoms with Gasteiger partial charge in [0.2, 0.25) is 0 Å². The smallest absolute Gasteiger partial charge is 0.0529 e. The molecule has 0 saturated carbocycles. The van der Waals surface area contributed by atoms with Crippen LogP contribution in [0, 0.1) is 0 Å². The lowest BCUT2D eigenvalue weighted by Gasteiger charge is -2.13. The summed E-state index contributed by atoms with van der Waals surface area (Å²) < 4.78 is 2.37. The van der Waals surface area contributed by atoms with E-state index in [4.69, 9.17) is 23.2 Å². The van der Waals surface area contributed by atoms with E-state index in [2.05, 4.69) is 53.9 Å². The van der Waals surface area contributed by atoms with Crippen molar-refractivity contribution in [2.45, 2.75) is 19.8 Å². The lowest BCUT2D eigenvalue weighted by atomic mass is 10.1. The Hall–Kier alpha value is -1.74. The topological polar surface area (TPSA) is 8.17 Å². The number of allylic oxidation sites excluding steroid dienone is 1. The van der Waals surface area contributed by atoms with Crippen molar-refractivity contribution >= 4 is 45.9 Å². The summed E-state index contributed by atoms with van der Waals surface area (Å²) in [5, 5.41) is 2.84. The fourth-order valence-electron chi connectivity index (χ4n) is 3.80. The van der Waals surface area contributed by atoms with Gasteiger partial charge in [-0.2, -0.15) is 0 Å². The van der Waals surface area contributed by atoms with Gasteiger partial charge in [0.25, 0.3) is 0 Å². The van der Waals surface area contributed by atoms with Gasteiger partial charge in [-0.25, -0.2) is 0 Å². The van der Waals surface area contributed by atoms with Gasteiger partial charge < -0.3 is 9.47 Å². The van der Waals surface area contributed by atoms with Gasteiger partial charge >= 0.3 is 0 Å². The third-order valence-corrected chi connectivity index (χ3v) is 5.77. The Balaban J connectivity index is 1.89. The van der Waals surface area contributed by atoms with Crippen LogP contribution in [0.25, 0.3) is 22.7 Å². The molecule has 26 heavy (non-hydrogen) atoms. The van der Waals surface area contributed by atoms with E-state index >= 15 is 0 Å². The average Bonchev–Trinajstić information content (AvgIpc) is 2.76. The van der Waals surface area contributed by atoms with Crippen molar-refractivity contribution in [1.29, 1.82) is 0 Å². The van der Waals surface area contributed by atoms with E-state index in [0.717, 1.165) is 36.0 Å². The molecule has 0 unspecified atom stereocenters. The highest BCUT2D eigenvalue weighted by atomic mass is 35.5. The van der Waals surface area contributed by atoms with E-state index in [1.807, 2.05) is 18.2 Å². The summed E-state index contributed by atoms with van der Waals surface area (Å²) in [6.07, 6.45) is 4.36. The van der Waals surface area contributed by atoms with Crippen LogP contribution in [0.2, 0.25) is 10.0 Å². The molecule has 1 aliphatic rings. The molecule has 4 heteroatoms. The van der Waals surface area contributed by atoms with Gasteiger partial charge in [0.05, 0.1) is 5.52 Å². The van der Waals surface area contributed by atoms with E-state index in [1.54, 1.807) is 0 Å². The number of hydrogen-bond acceptors (Lipinski definition) is 1. The highest BCUT2D eigenvalue weighted by Gasteiger charge is 2.20. The molecule has 0 N–H and O–H groups in total. The minimum Gasteiger partial charge on any atom is -0.320 e. The number of nitrogens with zero attached hydrogens (tertiary/aromatic N) is 2. The molecule has 0 aliphatic carbocycles. The van der Waals surface area contributed by atoms with Gasteiger partial charge in [-0.15, -0.1) is 0 Å². The van der Waals surface area contributed by atoms with E-state index in [9.17, 15) is 0 Å². The molecule has 134 valence electrons. The summed E-state index contributed by atoms with van der Waals surface area (Å²) in [5.41, 5.74) is 6.47. The maximum absolute atomic E-state index is 6.31. The minimum atomic E-state index is 0.763. The molecule has 2 aromatic carbocycles. The zero-order valence-electron chi connectivity index (χ0n) is 15.1. The van der Waals surface area contributed by atoms with Crippen LogP contribution in [0.3, 0.4) is 0 Å². The summed E-state index contributed by atoms with van der Waals surface area (Å²) in [7, 11) is 2.19. The normalized spacial score (nSPS) is 15.9. The molecule has 0 fully saturated rings. The van der Waals surface area contributed by atoms with Gasteiger partial charge in [0, 0.05) is 46.8 Å². The third kappa shape index (κ3) is 3.29. The van der Waals surface area contributed by atoms with Crippen molar-refractivity contribution < 1.29 is 0 Å². The van der Waals surface area contributed by atoms with Crippen molar-refractivity contribution in [2.75, 3.05) is 20.1 Å². The third-order valence-electron chi connectivity index (χ3n) is 5.28. The molecule has 1 aromatic heterocycles. The largest absolute Gasteiger partial charge is 0.320 e. The molecular weight excluding hydrogens is 363 g/mol. The first-order valence-corrected chi connectivity index (χ1v) is 9.72. The zero-order chi connectivity index (χ0) is 18.3. The molecule has 0 spiro atoms. The fourth-order valence-corrected chi connectivity index (χ4v) is 4.09. The van der Waals surface area contributed by atoms with Crippen LogP contribution in [0.4, 0.5) is 0 Å². The quantitative estimate of drug-likeness (QED) is 0.526. The standard InChI is InChI=1S/C22H22Cl2N2/c1-15(16-3-5-17(23)6-4-16)14-26-21-8-7-18(24)13-20(21)19-9-11-25(2)12-10-22(19)26/h3-8,13-14H,9-12H2,1-2H3. The number of hydrogen-bond donors (Lipinski definition) is 0. The highest BCUT2D eigenvalue weighted by Crippen LogP contribution is 2.32. The Labute approximate surface area is 164 Å². The summed E-state index contributed by atoms with van der Waals surface area (Å²) in [6, 6.07) is 14.3. The summed E-state index contributed by atoms with van der Waals surface area (Å²) >= 11 is 12.3. The molecule has 0 saturated heterocycles. The first-order valence-electron chi connectivity index (χ1n) is 8.97. The number of rotatable bonds is 2. The number of halogens is 2. The first-order chi connectivity index (χ1) is 12.5. The lowest BCUT2D eigenvalue weighted by Crippen LogP contribution is -2.21. The second-order valence-corrected chi connectivity index (χ2v) is 7.95. The Bertz CT molecular complexity index is 984. The van der Waals surface area contributed by atoms with Crippen LogP contribution in [0.5, 0.6) is 0 Å². The Morgan fingerprint density at radius 1 is 0.962 bits per heavy atom. The average molecular weight is 385 g/mol. The molecule has 4 rings (SSSR count). The van der Waals surface area contributed by atoms with Gasteiger partial charge in [-0.05, 0) is 67.4 Å². The van der Waals surface area contributed by atoms with E-state index < -0.39 is 0 Å². The zero-order valence-corrected chi connectivity index (χ0v) is 16.6. The van der Waals surface area contributed by atoms with Crippen LogP contribution in [0.1, 0.15) is 23.7 Å². The number of likely N-dealkylation sites (N-methyl/N-ethyl adjacent to an activating group) is 1. The minimum absolute atomic E-state index is 0.763. The molecule has 2 nitrogen and oxygen atoms in total. The maximum atomic E-state index is 6.31. The highest BCUT2D eigenvalue weighted by molar-refractivity contribution is 6.31. The second kappa shape index (κ2) is 7.11. The van der Waals surface area contributed by atoms with Crippen molar-refractivity contribution in [2.24, 2.45) is 0 Å². The lowest BCUT2D eigenvalue weighted by molar-refractivity contribution is 0.351. The molecular formula is C22H22Cl2N2. The Morgan fingerprint density at radius 3 is 2.42 bits per heavy atom.